The van der Waals surface area contributed by atoms with Gasteiger partial charge in [-0.25, -0.2) is 14.0 Å². The first-order valence-corrected chi connectivity index (χ1v) is 5.32. The fourth-order valence-corrected chi connectivity index (χ4v) is 1.76. The van der Waals surface area contributed by atoms with Crippen LogP contribution in [0.25, 0.3) is 5.69 Å². The highest BCUT2D eigenvalue weighted by atomic mass is 79.9. The van der Waals surface area contributed by atoms with E-state index in [-0.39, 0.29) is 4.60 Å². The predicted octanol–water partition coefficient (Wildman–Crippen LogP) is 0.694. The molecule has 0 spiro atoms. The number of rotatable bonds is 1. The predicted molar refractivity (Wildman–Crippen MR) is 62.8 cm³/mol. The summed E-state index contributed by atoms with van der Waals surface area (Å²) in [7, 11) is 1.49. The van der Waals surface area contributed by atoms with E-state index in [1.54, 1.807) is 24.3 Å². The van der Waals surface area contributed by atoms with Crippen LogP contribution in [0.1, 0.15) is 0 Å². The van der Waals surface area contributed by atoms with Crippen LogP contribution in [-0.4, -0.2) is 14.3 Å². The zero-order valence-electron chi connectivity index (χ0n) is 8.42. The van der Waals surface area contributed by atoms with Crippen LogP contribution in [0, 0.1) is 0 Å². The van der Waals surface area contributed by atoms with Crippen molar-refractivity contribution >= 4 is 15.9 Å². The summed E-state index contributed by atoms with van der Waals surface area (Å²) in [5.74, 6) is 0. The second kappa shape index (κ2) is 4.05. The molecule has 1 aromatic carbocycles. The molecule has 16 heavy (non-hydrogen) atoms. The first-order chi connectivity index (χ1) is 7.61. The lowest BCUT2D eigenvalue weighted by molar-refractivity contribution is 0.620. The van der Waals surface area contributed by atoms with Gasteiger partial charge in [0.1, 0.15) is 0 Å². The Morgan fingerprint density at radius 3 is 2.44 bits per heavy atom. The Hall–Kier alpha value is -1.69. The number of para-hydroxylation sites is 1. The molecule has 6 heteroatoms. The Kier molecular flexibility index (Phi) is 2.74. The fourth-order valence-electron chi connectivity index (χ4n) is 1.35. The van der Waals surface area contributed by atoms with Gasteiger partial charge in [0.15, 0.2) is 4.60 Å². The molecule has 1 aromatic heterocycles. The van der Waals surface area contributed by atoms with Gasteiger partial charge >= 0.3 is 5.69 Å². The molecule has 82 valence electrons. The second-order valence-corrected chi connectivity index (χ2v) is 3.92. The van der Waals surface area contributed by atoms with Crippen molar-refractivity contribution in [1.29, 1.82) is 0 Å². The maximum Gasteiger partial charge on any atom is 0.351 e. The molecule has 0 aliphatic rings. The van der Waals surface area contributed by atoms with Crippen LogP contribution >= 0.6 is 15.9 Å². The van der Waals surface area contributed by atoms with E-state index in [9.17, 15) is 9.59 Å². The van der Waals surface area contributed by atoms with Crippen molar-refractivity contribution in [3.05, 3.63) is 55.8 Å². The Morgan fingerprint density at radius 2 is 1.81 bits per heavy atom. The lowest BCUT2D eigenvalue weighted by Gasteiger charge is -2.06. The van der Waals surface area contributed by atoms with Gasteiger partial charge in [-0.05, 0) is 28.1 Å². The van der Waals surface area contributed by atoms with Crippen molar-refractivity contribution in [1.82, 2.24) is 14.3 Å². The third-order valence-corrected chi connectivity index (χ3v) is 2.60. The Bertz CT molecular complexity index is 596. The molecule has 0 bridgehead atoms. The monoisotopic (exact) mass is 281 g/mol. The first-order valence-electron chi connectivity index (χ1n) is 4.52. The van der Waals surface area contributed by atoms with Crippen LogP contribution < -0.4 is 11.2 Å². The molecular weight excluding hydrogens is 274 g/mol. The van der Waals surface area contributed by atoms with E-state index in [4.69, 9.17) is 0 Å². The van der Waals surface area contributed by atoms with Crippen molar-refractivity contribution < 1.29 is 0 Å². The van der Waals surface area contributed by atoms with Gasteiger partial charge in [-0.15, -0.1) is 0 Å². The topological polar surface area (TPSA) is 56.9 Å². The quantitative estimate of drug-likeness (QED) is 0.773. The van der Waals surface area contributed by atoms with Crippen molar-refractivity contribution in [3.63, 3.8) is 0 Å². The summed E-state index contributed by atoms with van der Waals surface area (Å²) < 4.78 is 2.29. The summed E-state index contributed by atoms with van der Waals surface area (Å²) in [6.45, 7) is 0. The lowest BCUT2D eigenvalue weighted by Crippen LogP contribution is -2.39. The molecule has 0 radical (unpaired) electrons. The number of aromatic nitrogens is 3. The van der Waals surface area contributed by atoms with Gasteiger partial charge in [0, 0.05) is 7.05 Å². The van der Waals surface area contributed by atoms with Crippen LogP contribution in [0.15, 0.2) is 44.5 Å². The molecule has 5 nitrogen and oxygen atoms in total. The molecule has 0 aliphatic heterocycles. The summed E-state index contributed by atoms with van der Waals surface area (Å²) in [5.41, 5.74) is -0.412. The van der Waals surface area contributed by atoms with Crippen molar-refractivity contribution in [3.8, 4) is 5.69 Å². The van der Waals surface area contributed by atoms with Gasteiger partial charge in [0.05, 0.1) is 5.69 Å². The molecule has 0 unspecified atom stereocenters. The van der Waals surface area contributed by atoms with Crippen molar-refractivity contribution in [2.24, 2.45) is 7.05 Å². The van der Waals surface area contributed by atoms with E-state index in [1.165, 1.54) is 7.05 Å². The number of hydrogen-bond donors (Lipinski definition) is 0. The van der Waals surface area contributed by atoms with Gasteiger partial charge in [0.2, 0.25) is 0 Å². The van der Waals surface area contributed by atoms with Gasteiger partial charge in [-0.3, -0.25) is 4.79 Å². The van der Waals surface area contributed by atoms with Gasteiger partial charge in [-0.1, -0.05) is 18.2 Å². The first kappa shape index (κ1) is 10.8. The molecular formula is C10H8BrN3O2. The summed E-state index contributed by atoms with van der Waals surface area (Å²) in [5, 5.41) is 3.75. The van der Waals surface area contributed by atoms with Crippen LogP contribution in [0.4, 0.5) is 0 Å². The molecule has 0 atom stereocenters. The minimum atomic E-state index is -0.473. The van der Waals surface area contributed by atoms with E-state index in [0.717, 1.165) is 9.25 Å². The molecule has 0 amide bonds. The van der Waals surface area contributed by atoms with Gasteiger partial charge in [0.25, 0.3) is 5.56 Å². The van der Waals surface area contributed by atoms with Gasteiger partial charge in [-0.2, -0.15) is 5.10 Å². The number of nitrogens with zero attached hydrogens (tertiary/aromatic N) is 3. The Morgan fingerprint density at radius 1 is 1.19 bits per heavy atom. The highest BCUT2D eigenvalue weighted by Gasteiger charge is 2.10. The van der Waals surface area contributed by atoms with Crippen molar-refractivity contribution in [2.75, 3.05) is 0 Å². The zero-order valence-corrected chi connectivity index (χ0v) is 10.0. The maximum atomic E-state index is 11.8. The lowest BCUT2D eigenvalue weighted by atomic mass is 10.3. The van der Waals surface area contributed by atoms with Crippen LogP contribution in [0.5, 0.6) is 0 Å². The molecule has 0 saturated heterocycles. The van der Waals surface area contributed by atoms with E-state index >= 15 is 0 Å². The molecule has 0 aliphatic carbocycles. The summed E-state index contributed by atoms with van der Waals surface area (Å²) in [6.07, 6.45) is 0. The Balaban J connectivity index is 2.85. The number of hydrogen-bond acceptors (Lipinski definition) is 3. The molecule has 1 heterocycles. The van der Waals surface area contributed by atoms with Crippen LogP contribution in [0.2, 0.25) is 0 Å². The maximum absolute atomic E-state index is 11.8. The summed E-state index contributed by atoms with van der Waals surface area (Å²) in [6, 6.07) is 8.71. The fraction of sp³-hybridized carbons (Fsp3) is 0.100. The highest BCUT2D eigenvalue weighted by Crippen LogP contribution is 2.02. The second-order valence-electron chi connectivity index (χ2n) is 3.17. The van der Waals surface area contributed by atoms with E-state index in [2.05, 4.69) is 21.0 Å². The number of halogens is 1. The number of aryl methyl sites for hydroxylation is 1. The Labute approximate surface area is 99.1 Å². The smallest absolute Gasteiger partial charge is 0.266 e. The minimum absolute atomic E-state index is 0.110. The molecule has 0 N–H and O–H groups in total. The average Bonchev–Trinajstić information content (AvgIpc) is 2.28. The molecule has 2 rings (SSSR count). The third kappa shape index (κ3) is 1.71. The SMILES string of the molecule is Cn1nc(Br)c(=O)n(-c2ccccc2)c1=O. The highest BCUT2D eigenvalue weighted by molar-refractivity contribution is 9.10. The summed E-state index contributed by atoms with van der Waals surface area (Å²) in [4.78, 5) is 23.6. The average molecular weight is 282 g/mol. The van der Waals surface area contributed by atoms with E-state index in [1.807, 2.05) is 6.07 Å². The van der Waals surface area contributed by atoms with Crippen molar-refractivity contribution in [2.45, 2.75) is 0 Å². The normalized spacial score (nSPS) is 10.4. The third-order valence-electron chi connectivity index (χ3n) is 2.10. The summed E-state index contributed by atoms with van der Waals surface area (Å²) >= 11 is 3.02. The number of benzene rings is 1. The van der Waals surface area contributed by atoms with Gasteiger partial charge < -0.3 is 0 Å². The molecule has 2 aromatic rings. The largest absolute Gasteiger partial charge is 0.351 e. The van der Waals surface area contributed by atoms with E-state index in [0.29, 0.717) is 5.69 Å². The minimum Gasteiger partial charge on any atom is -0.266 e. The van der Waals surface area contributed by atoms with Crippen LogP contribution in [0.3, 0.4) is 0 Å². The standard InChI is InChI=1S/C10H8BrN3O2/c1-13-10(16)14(9(15)8(11)12-13)7-5-3-2-4-6-7/h2-6H,1H3. The molecule has 0 saturated carbocycles. The molecule has 0 fully saturated rings. The van der Waals surface area contributed by atoms with Crippen LogP contribution in [-0.2, 0) is 7.05 Å². The zero-order chi connectivity index (χ0) is 11.7. The van der Waals surface area contributed by atoms with E-state index < -0.39 is 11.2 Å².